The number of unbranched alkanes of at least 4 members (excludes halogenated alkanes) is 1. The molecule has 0 aromatic carbocycles. The van der Waals surface area contributed by atoms with Crippen LogP contribution in [0.4, 0.5) is 4.79 Å². The third kappa shape index (κ3) is 11.7. The van der Waals surface area contributed by atoms with Crippen molar-refractivity contribution >= 4 is 17.9 Å². The van der Waals surface area contributed by atoms with Gasteiger partial charge in [0.25, 0.3) is 0 Å². The zero-order chi connectivity index (χ0) is 25.9. The lowest BCUT2D eigenvalue weighted by Gasteiger charge is -2.32. The molecule has 8 heteroatoms. The SMILES string of the molecule is CCCC[C@H](O)[C@@H](NC(=O)[C@@H](NC(=O)[C@@H](NC(=O)OC(C)(C)C)C(C)C)C(C)C)C(C)CC. The Morgan fingerprint density at radius 2 is 1.33 bits per heavy atom. The minimum Gasteiger partial charge on any atom is -0.444 e. The molecule has 0 radical (unpaired) electrons. The maximum absolute atomic E-state index is 13.2. The summed E-state index contributed by atoms with van der Waals surface area (Å²) < 4.78 is 5.28. The van der Waals surface area contributed by atoms with Crippen molar-refractivity contribution < 1.29 is 24.2 Å². The maximum atomic E-state index is 13.2. The van der Waals surface area contributed by atoms with Crippen molar-refractivity contribution in [3.63, 3.8) is 0 Å². The lowest BCUT2D eigenvalue weighted by Crippen LogP contribution is -2.59. The van der Waals surface area contributed by atoms with Crippen molar-refractivity contribution in [1.82, 2.24) is 16.0 Å². The molecule has 0 fully saturated rings. The van der Waals surface area contributed by atoms with Gasteiger partial charge >= 0.3 is 6.09 Å². The molecule has 0 aromatic heterocycles. The molecule has 5 atom stereocenters. The number of ether oxygens (including phenoxy) is 1. The van der Waals surface area contributed by atoms with Crippen LogP contribution in [0.1, 0.15) is 94.9 Å². The minimum atomic E-state index is -0.852. The summed E-state index contributed by atoms with van der Waals surface area (Å²) in [5.74, 6) is -1.09. The number of carbonyl (C=O) groups is 3. The van der Waals surface area contributed by atoms with Gasteiger partial charge < -0.3 is 25.8 Å². The highest BCUT2D eigenvalue weighted by atomic mass is 16.6. The standard InChI is InChI=1S/C25H49N3O5/c1-11-13-14-18(29)21(17(7)12-2)27-22(30)19(15(3)4)26-23(31)20(16(5)6)28-24(32)33-25(8,9)10/h15-21,29H,11-14H2,1-10H3,(H,26,31)(H,27,30)(H,28,32)/t17?,18-,19-,20-,21-/m0/s1. The number of alkyl carbamates (subject to hydrolysis) is 1. The highest BCUT2D eigenvalue weighted by molar-refractivity contribution is 5.91. The van der Waals surface area contributed by atoms with Crippen molar-refractivity contribution in [2.24, 2.45) is 17.8 Å². The topological polar surface area (TPSA) is 117 Å². The van der Waals surface area contributed by atoms with Gasteiger partial charge in [-0.2, -0.15) is 0 Å². The largest absolute Gasteiger partial charge is 0.444 e. The Kier molecular flexibility index (Phi) is 13.6. The number of nitrogens with one attached hydrogen (secondary N) is 3. The second-order valence-electron chi connectivity index (χ2n) is 10.7. The number of hydrogen-bond acceptors (Lipinski definition) is 5. The van der Waals surface area contributed by atoms with E-state index in [1.54, 1.807) is 20.8 Å². The first-order valence-electron chi connectivity index (χ1n) is 12.4. The smallest absolute Gasteiger partial charge is 0.408 e. The van der Waals surface area contributed by atoms with E-state index in [4.69, 9.17) is 4.74 Å². The van der Waals surface area contributed by atoms with E-state index in [2.05, 4.69) is 22.9 Å². The van der Waals surface area contributed by atoms with Gasteiger partial charge in [0.05, 0.1) is 12.1 Å². The van der Waals surface area contributed by atoms with E-state index in [1.807, 2.05) is 41.5 Å². The molecule has 1 unspecified atom stereocenters. The normalized spacial score (nSPS) is 16.5. The van der Waals surface area contributed by atoms with Crippen molar-refractivity contribution in [2.75, 3.05) is 0 Å². The van der Waals surface area contributed by atoms with Crippen LogP contribution in [-0.4, -0.2) is 52.8 Å². The second kappa shape index (κ2) is 14.4. The van der Waals surface area contributed by atoms with Crippen molar-refractivity contribution in [3.8, 4) is 0 Å². The molecule has 0 aliphatic rings. The molecule has 4 N–H and O–H groups in total. The lowest BCUT2D eigenvalue weighted by molar-refractivity contribution is -0.132. The van der Waals surface area contributed by atoms with E-state index in [9.17, 15) is 19.5 Å². The first-order valence-corrected chi connectivity index (χ1v) is 12.4. The van der Waals surface area contributed by atoms with Gasteiger partial charge in [0.1, 0.15) is 17.7 Å². The summed E-state index contributed by atoms with van der Waals surface area (Å²) >= 11 is 0. The molecule has 0 heterocycles. The molecule has 3 amide bonds. The van der Waals surface area contributed by atoms with Crippen LogP contribution in [0.15, 0.2) is 0 Å². The Bertz CT molecular complexity index is 616. The fraction of sp³-hybridized carbons (Fsp3) is 0.880. The van der Waals surface area contributed by atoms with Gasteiger partial charge in [-0.05, 0) is 44.9 Å². The van der Waals surface area contributed by atoms with E-state index in [1.165, 1.54) is 0 Å². The molecule has 0 saturated heterocycles. The molecule has 0 spiro atoms. The molecule has 194 valence electrons. The molecule has 0 aliphatic heterocycles. The van der Waals surface area contributed by atoms with Gasteiger partial charge in [-0.3, -0.25) is 9.59 Å². The summed E-state index contributed by atoms with van der Waals surface area (Å²) in [6.07, 6.45) is 1.93. The molecule has 0 aliphatic carbocycles. The van der Waals surface area contributed by atoms with Gasteiger partial charge in [-0.15, -0.1) is 0 Å². The molecular weight excluding hydrogens is 422 g/mol. The predicted molar refractivity (Wildman–Crippen MR) is 132 cm³/mol. The summed E-state index contributed by atoms with van der Waals surface area (Å²) in [5.41, 5.74) is -0.688. The molecule has 0 bridgehead atoms. The number of carbonyl (C=O) groups excluding carboxylic acids is 3. The molecule has 33 heavy (non-hydrogen) atoms. The van der Waals surface area contributed by atoms with Crippen LogP contribution >= 0.6 is 0 Å². The Morgan fingerprint density at radius 1 is 0.848 bits per heavy atom. The number of aliphatic hydroxyl groups excluding tert-OH is 1. The quantitative estimate of drug-likeness (QED) is 0.326. The summed E-state index contributed by atoms with van der Waals surface area (Å²) in [4.78, 5) is 38.5. The highest BCUT2D eigenvalue weighted by Gasteiger charge is 2.34. The Balaban J connectivity index is 5.45. The Morgan fingerprint density at radius 3 is 1.76 bits per heavy atom. The van der Waals surface area contributed by atoms with Crippen LogP contribution < -0.4 is 16.0 Å². The summed E-state index contributed by atoms with van der Waals surface area (Å²) in [7, 11) is 0. The number of hydrogen-bond donors (Lipinski definition) is 4. The van der Waals surface area contributed by atoms with Crippen LogP contribution in [0.3, 0.4) is 0 Å². The Labute approximate surface area is 201 Å². The third-order valence-corrected chi connectivity index (χ3v) is 5.70. The number of amides is 3. The maximum Gasteiger partial charge on any atom is 0.408 e. The second-order valence-corrected chi connectivity index (χ2v) is 10.7. The predicted octanol–water partition coefficient (Wildman–Crippen LogP) is 3.76. The monoisotopic (exact) mass is 471 g/mol. The fourth-order valence-electron chi connectivity index (χ4n) is 3.47. The average molecular weight is 472 g/mol. The molecule has 0 rings (SSSR count). The van der Waals surface area contributed by atoms with E-state index in [-0.39, 0.29) is 23.7 Å². The van der Waals surface area contributed by atoms with Gasteiger partial charge in [0.15, 0.2) is 0 Å². The van der Waals surface area contributed by atoms with E-state index < -0.39 is 41.8 Å². The average Bonchev–Trinajstić information content (AvgIpc) is 2.69. The van der Waals surface area contributed by atoms with Gasteiger partial charge in [0.2, 0.25) is 11.8 Å². The lowest BCUT2D eigenvalue weighted by atomic mass is 9.90. The van der Waals surface area contributed by atoms with Crippen LogP contribution in [0.25, 0.3) is 0 Å². The number of rotatable bonds is 13. The van der Waals surface area contributed by atoms with Gasteiger partial charge in [0, 0.05) is 0 Å². The van der Waals surface area contributed by atoms with Gasteiger partial charge in [-0.25, -0.2) is 4.79 Å². The van der Waals surface area contributed by atoms with Crippen molar-refractivity contribution in [3.05, 3.63) is 0 Å². The molecule has 0 aromatic rings. The highest BCUT2D eigenvalue weighted by Crippen LogP contribution is 2.17. The molecule has 0 saturated carbocycles. The molecule has 8 nitrogen and oxygen atoms in total. The number of aliphatic hydroxyl groups is 1. The van der Waals surface area contributed by atoms with Gasteiger partial charge in [-0.1, -0.05) is 67.7 Å². The minimum absolute atomic E-state index is 0.0848. The first kappa shape index (κ1) is 31.2. The molecular formula is C25H49N3O5. The van der Waals surface area contributed by atoms with Crippen LogP contribution in [0.5, 0.6) is 0 Å². The summed E-state index contributed by atoms with van der Waals surface area (Å²) in [5, 5.41) is 19.1. The van der Waals surface area contributed by atoms with E-state index in [0.717, 1.165) is 19.3 Å². The summed E-state index contributed by atoms with van der Waals surface area (Å²) in [6, 6.07) is -2.05. The zero-order valence-electron chi connectivity index (χ0n) is 22.5. The summed E-state index contributed by atoms with van der Waals surface area (Å²) in [6.45, 7) is 18.7. The third-order valence-electron chi connectivity index (χ3n) is 5.70. The van der Waals surface area contributed by atoms with E-state index in [0.29, 0.717) is 6.42 Å². The van der Waals surface area contributed by atoms with Crippen LogP contribution in [0, 0.1) is 17.8 Å². The van der Waals surface area contributed by atoms with E-state index >= 15 is 0 Å². The van der Waals surface area contributed by atoms with Crippen LogP contribution in [-0.2, 0) is 14.3 Å². The first-order chi connectivity index (χ1) is 15.1. The fourth-order valence-corrected chi connectivity index (χ4v) is 3.47. The Hall–Kier alpha value is -1.83. The zero-order valence-corrected chi connectivity index (χ0v) is 22.5. The van der Waals surface area contributed by atoms with Crippen molar-refractivity contribution in [1.29, 1.82) is 0 Å². The van der Waals surface area contributed by atoms with Crippen molar-refractivity contribution in [2.45, 2.75) is 125 Å². The van der Waals surface area contributed by atoms with Crippen LogP contribution in [0.2, 0.25) is 0 Å².